The molecule has 0 aliphatic heterocycles. The number of amides is 1. The number of aryl methyl sites for hydroxylation is 1. The quantitative estimate of drug-likeness (QED) is 0.885. The molecule has 1 unspecified atom stereocenters. The number of nitrogens with one attached hydrogen (secondary N) is 2. The molecule has 2 aromatic heterocycles. The van der Waals surface area contributed by atoms with Crippen LogP contribution in [0.15, 0.2) is 34.9 Å². The van der Waals surface area contributed by atoms with Gasteiger partial charge < -0.3 is 15.1 Å². The normalized spacial score (nSPS) is 11.9. The summed E-state index contributed by atoms with van der Waals surface area (Å²) >= 11 is 0. The lowest BCUT2D eigenvalue weighted by molar-refractivity contribution is 0.0935. The number of nitrogens with zero attached hydrogens (tertiary/aromatic N) is 1. The number of hydrogen-bond acceptors (Lipinski definition) is 4. The van der Waals surface area contributed by atoms with Gasteiger partial charge in [-0.05, 0) is 38.1 Å². The molecule has 1 amide bonds. The van der Waals surface area contributed by atoms with E-state index in [0.29, 0.717) is 11.4 Å². The van der Waals surface area contributed by atoms with Gasteiger partial charge in [0.2, 0.25) is 0 Å². The molecule has 0 radical (unpaired) electrons. The van der Waals surface area contributed by atoms with Gasteiger partial charge in [-0.2, -0.15) is 0 Å². The first kappa shape index (κ1) is 13.1. The number of carbonyl (C=O) groups excluding carboxylic acids is 1. The SMILES string of the molecule is CNc1ncccc1C(=O)NC(C)c1ccc(C)o1. The van der Waals surface area contributed by atoms with Crippen LogP contribution in [0.25, 0.3) is 0 Å². The van der Waals surface area contributed by atoms with Crippen LogP contribution in [0.1, 0.15) is 34.8 Å². The second kappa shape index (κ2) is 5.56. The predicted molar refractivity (Wildman–Crippen MR) is 73.1 cm³/mol. The summed E-state index contributed by atoms with van der Waals surface area (Å²) in [6, 6.07) is 7.01. The maximum absolute atomic E-state index is 12.2. The lowest BCUT2D eigenvalue weighted by Gasteiger charge is -2.13. The predicted octanol–water partition coefficient (Wildman–Crippen LogP) is 2.52. The van der Waals surface area contributed by atoms with Crippen molar-refractivity contribution in [2.75, 3.05) is 12.4 Å². The fourth-order valence-electron chi connectivity index (χ4n) is 1.82. The Morgan fingerprint density at radius 3 is 2.79 bits per heavy atom. The minimum atomic E-state index is -0.189. The van der Waals surface area contributed by atoms with Gasteiger partial charge in [-0.25, -0.2) is 4.98 Å². The monoisotopic (exact) mass is 259 g/mol. The summed E-state index contributed by atoms with van der Waals surface area (Å²) in [5.74, 6) is 1.94. The summed E-state index contributed by atoms with van der Waals surface area (Å²) in [6.45, 7) is 3.75. The molecule has 0 fully saturated rings. The van der Waals surface area contributed by atoms with E-state index in [1.165, 1.54) is 0 Å². The molecule has 0 saturated heterocycles. The Bertz CT molecular complexity index is 578. The Morgan fingerprint density at radius 1 is 1.37 bits per heavy atom. The molecular weight excluding hydrogens is 242 g/mol. The highest BCUT2D eigenvalue weighted by Gasteiger charge is 2.16. The van der Waals surface area contributed by atoms with Crippen molar-refractivity contribution in [1.29, 1.82) is 0 Å². The second-order valence-electron chi connectivity index (χ2n) is 4.29. The highest BCUT2D eigenvalue weighted by atomic mass is 16.3. The van der Waals surface area contributed by atoms with Crippen molar-refractivity contribution in [2.24, 2.45) is 0 Å². The van der Waals surface area contributed by atoms with Gasteiger partial charge in [-0.3, -0.25) is 4.79 Å². The maximum Gasteiger partial charge on any atom is 0.255 e. The molecule has 0 aliphatic carbocycles. The molecule has 0 aliphatic rings. The zero-order valence-corrected chi connectivity index (χ0v) is 11.2. The molecule has 0 spiro atoms. The van der Waals surface area contributed by atoms with E-state index in [1.807, 2.05) is 26.0 Å². The Labute approximate surface area is 112 Å². The van der Waals surface area contributed by atoms with Crippen LogP contribution in [0.4, 0.5) is 5.82 Å². The van der Waals surface area contributed by atoms with Crippen molar-refractivity contribution in [3.8, 4) is 0 Å². The van der Waals surface area contributed by atoms with Crippen LogP contribution in [-0.4, -0.2) is 17.9 Å². The summed E-state index contributed by atoms with van der Waals surface area (Å²) in [6.07, 6.45) is 1.64. The van der Waals surface area contributed by atoms with Crippen molar-refractivity contribution in [2.45, 2.75) is 19.9 Å². The molecule has 2 N–H and O–H groups in total. The van der Waals surface area contributed by atoms with Crippen LogP contribution in [-0.2, 0) is 0 Å². The molecule has 2 heterocycles. The maximum atomic E-state index is 12.2. The number of carbonyl (C=O) groups is 1. The minimum absolute atomic E-state index is 0.181. The summed E-state index contributed by atoms with van der Waals surface area (Å²) in [5.41, 5.74) is 0.514. The first-order valence-electron chi connectivity index (χ1n) is 6.11. The van der Waals surface area contributed by atoms with Crippen molar-refractivity contribution in [3.05, 3.63) is 47.5 Å². The van der Waals surface area contributed by atoms with E-state index < -0.39 is 0 Å². The molecule has 0 aromatic carbocycles. The van der Waals surface area contributed by atoms with E-state index in [1.54, 1.807) is 25.4 Å². The number of pyridine rings is 1. The second-order valence-corrected chi connectivity index (χ2v) is 4.29. The van der Waals surface area contributed by atoms with Gasteiger partial charge in [-0.15, -0.1) is 0 Å². The lowest BCUT2D eigenvalue weighted by atomic mass is 10.2. The van der Waals surface area contributed by atoms with Crippen LogP contribution in [0, 0.1) is 6.92 Å². The summed E-state index contributed by atoms with van der Waals surface area (Å²) in [5, 5.41) is 5.79. The average molecular weight is 259 g/mol. The van der Waals surface area contributed by atoms with E-state index in [9.17, 15) is 4.79 Å². The highest BCUT2D eigenvalue weighted by Crippen LogP contribution is 2.17. The number of furan rings is 1. The van der Waals surface area contributed by atoms with E-state index in [0.717, 1.165) is 11.5 Å². The lowest BCUT2D eigenvalue weighted by Crippen LogP contribution is -2.27. The van der Waals surface area contributed by atoms with E-state index >= 15 is 0 Å². The molecule has 5 nitrogen and oxygen atoms in total. The third-order valence-electron chi connectivity index (χ3n) is 2.82. The Kier molecular flexibility index (Phi) is 3.85. The third-order valence-corrected chi connectivity index (χ3v) is 2.82. The van der Waals surface area contributed by atoms with Gasteiger partial charge in [0.15, 0.2) is 0 Å². The Hall–Kier alpha value is -2.30. The van der Waals surface area contributed by atoms with Crippen LogP contribution in [0.5, 0.6) is 0 Å². The number of rotatable bonds is 4. The molecule has 100 valence electrons. The van der Waals surface area contributed by atoms with Crippen molar-refractivity contribution in [3.63, 3.8) is 0 Å². The first-order chi connectivity index (χ1) is 9.11. The topological polar surface area (TPSA) is 67.2 Å². The number of aromatic nitrogens is 1. The fourth-order valence-corrected chi connectivity index (χ4v) is 1.82. The smallest absolute Gasteiger partial charge is 0.255 e. The molecule has 2 aromatic rings. The fraction of sp³-hybridized carbons (Fsp3) is 0.286. The molecule has 1 atom stereocenters. The zero-order valence-electron chi connectivity index (χ0n) is 11.2. The van der Waals surface area contributed by atoms with Gasteiger partial charge in [0.05, 0.1) is 11.6 Å². The van der Waals surface area contributed by atoms with Crippen LogP contribution in [0.2, 0.25) is 0 Å². The van der Waals surface area contributed by atoms with Gasteiger partial charge in [0.25, 0.3) is 5.91 Å². The largest absolute Gasteiger partial charge is 0.464 e. The van der Waals surface area contributed by atoms with Crippen molar-refractivity contribution < 1.29 is 9.21 Å². The zero-order chi connectivity index (χ0) is 13.8. The van der Waals surface area contributed by atoms with Gasteiger partial charge in [-0.1, -0.05) is 0 Å². The Balaban J connectivity index is 2.12. The summed E-state index contributed by atoms with van der Waals surface area (Å²) < 4.78 is 5.49. The molecular formula is C14H17N3O2. The molecule has 2 rings (SSSR count). The number of anilines is 1. The van der Waals surface area contributed by atoms with Gasteiger partial charge >= 0.3 is 0 Å². The molecule has 0 saturated carbocycles. The van der Waals surface area contributed by atoms with E-state index in [2.05, 4.69) is 15.6 Å². The summed E-state index contributed by atoms with van der Waals surface area (Å²) in [7, 11) is 1.73. The van der Waals surface area contributed by atoms with Crippen LogP contribution < -0.4 is 10.6 Å². The number of hydrogen-bond donors (Lipinski definition) is 2. The highest BCUT2D eigenvalue weighted by molar-refractivity contribution is 5.98. The molecule has 0 bridgehead atoms. The molecule has 5 heteroatoms. The van der Waals surface area contributed by atoms with E-state index in [4.69, 9.17) is 4.42 Å². The van der Waals surface area contributed by atoms with E-state index in [-0.39, 0.29) is 11.9 Å². The third kappa shape index (κ3) is 2.93. The van der Waals surface area contributed by atoms with Crippen molar-refractivity contribution in [1.82, 2.24) is 10.3 Å². The van der Waals surface area contributed by atoms with Crippen molar-refractivity contribution >= 4 is 11.7 Å². The molecule has 19 heavy (non-hydrogen) atoms. The van der Waals surface area contributed by atoms with Gasteiger partial charge in [0, 0.05) is 13.2 Å². The van der Waals surface area contributed by atoms with Gasteiger partial charge in [0.1, 0.15) is 17.3 Å². The standard InChI is InChI=1S/C14H17N3O2/c1-9-6-7-12(19-9)10(2)17-14(18)11-5-4-8-16-13(11)15-3/h4-8,10H,1-3H3,(H,15,16)(H,17,18). The minimum Gasteiger partial charge on any atom is -0.464 e. The summed E-state index contributed by atoms with van der Waals surface area (Å²) in [4.78, 5) is 16.3. The average Bonchev–Trinajstić information content (AvgIpc) is 2.85. The first-order valence-corrected chi connectivity index (χ1v) is 6.11. The Morgan fingerprint density at radius 2 is 2.16 bits per heavy atom. The van der Waals surface area contributed by atoms with Crippen LogP contribution >= 0.6 is 0 Å². The van der Waals surface area contributed by atoms with Crippen LogP contribution in [0.3, 0.4) is 0 Å².